The van der Waals surface area contributed by atoms with Crippen molar-refractivity contribution in [3.63, 3.8) is 0 Å². The van der Waals surface area contributed by atoms with Crippen LogP contribution in [0.3, 0.4) is 0 Å². The molecule has 1 aromatic carbocycles. The van der Waals surface area contributed by atoms with Crippen LogP contribution in [0.25, 0.3) is 23.5 Å². The summed E-state index contributed by atoms with van der Waals surface area (Å²) in [6.45, 7) is 0. The summed E-state index contributed by atoms with van der Waals surface area (Å²) in [6, 6.07) is 10.7. The zero-order chi connectivity index (χ0) is 15.4. The molecule has 0 atom stereocenters. The number of hydrogen-bond donors (Lipinski definition) is 1. The van der Waals surface area contributed by atoms with Gasteiger partial charge in [0.1, 0.15) is 5.75 Å². The smallest absolute Gasteiger partial charge is 0.250 e. The van der Waals surface area contributed by atoms with E-state index in [1.807, 2.05) is 30.3 Å². The lowest BCUT2D eigenvalue weighted by Crippen LogP contribution is -2.01. The van der Waals surface area contributed by atoms with E-state index in [0.717, 1.165) is 11.3 Å². The van der Waals surface area contributed by atoms with E-state index in [0.29, 0.717) is 17.3 Å². The van der Waals surface area contributed by atoms with Crippen LogP contribution in [-0.4, -0.2) is 22.2 Å². The molecule has 0 fully saturated rings. The standard InChI is InChI=1S/C16H13N3O3/c1-21-13-5-3-2-4-11(13)7-9-15-18-16(19-22-15)12-6-8-14(20)17-10-12/h2-10H,1H3,(H,17,20). The first-order valence-corrected chi connectivity index (χ1v) is 6.60. The quantitative estimate of drug-likeness (QED) is 0.800. The molecule has 0 saturated carbocycles. The Kier molecular flexibility index (Phi) is 3.82. The molecule has 22 heavy (non-hydrogen) atoms. The van der Waals surface area contributed by atoms with Crippen molar-refractivity contribution < 1.29 is 9.26 Å². The van der Waals surface area contributed by atoms with Crippen LogP contribution in [0.15, 0.2) is 51.9 Å². The zero-order valence-corrected chi connectivity index (χ0v) is 11.8. The van der Waals surface area contributed by atoms with Crippen molar-refractivity contribution in [3.05, 3.63) is 64.4 Å². The number of benzene rings is 1. The number of para-hydroxylation sites is 1. The van der Waals surface area contributed by atoms with E-state index in [2.05, 4.69) is 15.1 Å². The number of hydrogen-bond acceptors (Lipinski definition) is 5. The highest BCUT2D eigenvalue weighted by atomic mass is 16.5. The summed E-state index contributed by atoms with van der Waals surface area (Å²) in [5.41, 5.74) is 1.41. The summed E-state index contributed by atoms with van der Waals surface area (Å²) in [4.78, 5) is 17.9. The van der Waals surface area contributed by atoms with E-state index in [1.165, 1.54) is 6.07 Å². The van der Waals surface area contributed by atoms with E-state index in [4.69, 9.17) is 9.26 Å². The Morgan fingerprint density at radius 2 is 2.05 bits per heavy atom. The first kappa shape index (κ1) is 13.8. The van der Waals surface area contributed by atoms with E-state index in [9.17, 15) is 4.79 Å². The minimum atomic E-state index is -0.177. The normalized spacial score (nSPS) is 11.0. The Bertz CT molecular complexity index is 844. The molecule has 2 heterocycles. The average Bonchev–Trinajstić information content (AvgIpc) is 3.03. The van der Waals surface area contributed by atoms with Crippen LogP contribution in [0.1, 0.15) is 11.5 Å². The van der Waals surface area contributed by atoms with Gasteiger partial charge in [-0.05, 0) is 18.2 Å². The Balaban J connectivity index is 1.83. The number of nitrogens with zero attached hydrogens (tertiary/aromatic N) is 2. The molecule has 6 nitrogen and oxygen atoms in total. The topological polar surface area (TPSA) is 81.0 Å². The van der Waals surface area contributed by atoms with Crippen molar-refractivity contribution >= 4 is 12.2 Å². The molecule has 0 aliphatic rings. The lowest BCUT2D eigenvalue weighted by molar-refractivity contribution is 0.411. The van der Waals surface area contributed by atoms with Gasteiger partial charge in [-0.2, -0.15) is 4.98 Å². The Labute approximate surface area is 126 Å². The molecule has 3 aromatic rings. The van der Waals surface area contributed by atoms with E-state index in [1.54, 1.807) is 25.4 Å². The van der Waals surface area contributed by atoms with Gasteiger partial charge in [-0.15, -0.1) is 0 Å². The third-order valence-corrected chi connectivity index (χ3v) is 3.03. The van der Waals surface area contributed by atoms with Gasteiger partial charge in [-0.1, -0.05) is 23.4 Å². The molecule has 0 radical (unpaired) electrons. The molecule has 6 heteroatoms. The number of methoxy groups -OCH3 is 1. The lowest BCUT2D eigenvalue weighted by Gasteiger charge is -2.02. The third-order valence-electron chi connectivity index (χ3n) is 3.03. The van der Waals surface area contributed by atoms with E-state index >= 15 is 0 Å². The van der Waals surface area contributed by atoms with Crippen LogP contribution in [0.2, 0.25) is 0 Å². The maximum absolute atomic E-state index is 11.0. The molecule has 0 unspecified atom stereocenters. The molecular formula is C16H13N3O3. The number of aromatic amines is 1. The fourth-order valence-corrected chi connectivity index (χ4v) is 1.93. The largest absolute Gasteiger partial charge is 0.496 e. The summed E-state index contributed by atoms with van der Waals surface area (Å²) in [5, 5.41) is 3.88. The average molecular weight is 295 g/mol. The van der Waals surface area contributed by atoms with Crippen molar-refractivity contribution in [1.82, 2.24) is 15.1 Å². The van der Waals surface area contributed by atoms with E-state index < -0.39 is 0 Å². The van der Waals surface area contributed by atoms with Gasteiger partial charge in [0.25, 0.3) is 5.89 Å². The van der Waals surface area contributed by atoms with Crippen molar-refractivity contribution in [2.75, 3.05) is 7.11 Å². The van der Waals surface area contributed by atoms with Crippen LogP contribution in [0, 0.1) is 0 Å². The highest BCUT2D eigenvalue weighted by Crippen LogP contribution is 2.20. The van der Waals surface area contributed by atoms with Crippen molar-refractivity contribution in [1.29, 1.82) is 0 Å². The van der Waals surface area contributed by atoms with Gasteiger partial charge in [0.05, 0.1) is 7.11 Å². The highest BCUT2D eigenvalue weighted by molar-refractivity contribution is 5.70. The van der Waals surface area contributed by atoms with Crippen LogP contribution in [-0.2, 0) is 0 Å². The Morgan fingerprint density at radius 3 is 2.82 bits per heavy atom. The number of nitrogens with one attached hydrogen (secondary N) is 1. The molecule has 0 aliphatic carbocycles. The molecule has 0 spiro atoms. The molecule has 0 amide bonds. The van der Waals surface area contributed by atoms with E-state index in [-0.39, 0.29) is 5.56 Å². The first-order valence-electron chi connectivity index (χ1n) is 6.60. The predicted octanol–water partition coefficient (Wildman–Crippen LogP) is 2.60. The SMILES string of the molecule is COc1ccccc1C=Cc1nc(-c2ccc(=O)[nH]c2)no1. The molecule has 110 valence electrons. The van der Waals surface area contributed by atoms with Crippen LogP contribution >= 0.6 is 0 Å². The zero-order valence-electron chi connectivity index (χ0n) is 11.8. The summed E-state index contributed by atoms with van der Waals surface area (Å²) >= 11 is 0. The molecule has 0 bridgehead atoms. The molecule has 0 aliphatic heterocycles. The van der Waals surface area contributed by atoms with Gasteiger partial charge < -0.3 is 14.2 Å². The fraction of sp³-hybridized carbons (Fsp3) is 0.0625. The van der Waals surface area contributed by atoms with Crippen molar-refractivity contribution in [3.8, 4) is 17.1 Å². The van der Waals surface area contributed by atoms with Gasteiger partial charge in [0.15, 0.2) is 0 Å². The number of aromatic nitrogens is 3. The Morgan fingerprint density at radius 1 is 1.18 bits per heavy atom. The number of pyridine rings is 1. The van der Waals surface area contributed by atoms with Gasteiger partial charge in [0.2, 0.25) is 11.4 Å². The summed E-state index contributed by atoms with van der Waals surface area (Å²) in [6.07, 6.45) is 5.09. The fourth-order valence-electron chi connectivity index (χ4n) is 1.93. The molecule has 3 rings (SSSR count). The number of H-pyrrole nitrogens is 1. The molecule has 1 N–H and O–H groups in total. The molecule has 0 saturated heterocycles. The highest BCUT2D eigenvalue weighted by Gasteiger charge is 2.06. The second kappa shape index (κ2) is 6.09. The van der Waals surface area contributed by atoms with Gasteiger partial charge in [0, 0.05) is 29.5 Å². The van der Waals surface area contributed by atoms with Crippen LogP contribution in [0.4, 0.5) is 0 Å². The molecular weight excluding hydrogens is 282 g/mol. The molecule has 2 aromatic heterocycles. The lowest BCUT2D eigenvalue weighted by atomic mass is 10.2. The van der Waals surface area contributed by atoms with Gasteiger partial charge in [-0.25, -0.2) is 0 Å². The number of ether oxygens (including phenoxy) is 1. The summed E-state index contributed by atoms with van der Waals surface area (Å²) in [5.74, 6) is 1.54. The summed E-state index contributed by atoms with van der Waals surface area (Å²) < 4.78 is 10.4. The predicted molar refractivity (Wildman–Crippen MR) is 82.3 cm³/mol. The van der Waals surface area contributed by atoms with Crippen molar-refractivity contribution in [2.24, 2.45) is 0 Å². The minimum absolute atomic E-state index is 0.177. The maximum atomic E-state index is 11.0. The first-order chi connectivity index (χ1) is 10.8. The van der Waals surface area contributed by atoms with Crippen molar-refractivity contribution in [2.45, 2.75) is 0 Å². The van der Waals surface area contributed by atoms with Crippen LogP contribution < -0.4 is 10.3 Å². The summed E-state index contributed by atoms with van der Waals surface area (Å²) in [7, 11) is 1.62. The minimum Gasteiger partial charge on any atom is -0.496 e. The van der Waals surface area contributed by atoms with Gasteiger partial charge in [-0.3, -0.25) is 4.79 Å². The Hall–Kier alpha value is -3.15. The van der Waals surface area contributed by atoms with Crippen LogP contribution in [0.5, 0.6) is 5.75 Å². The second-order valence-electron chi connectivity index (χ2n) is 4.47. The second-order valence-corrected chi connectivity index (χ2v) is 4.47. The number of rotatable bonds is 4. The maximum Gasteiger partial charge on any atom is 0.250 e. The van der Waals surface area contributed by atoms with Gasteiger partial charge >= 0.3 is 0 Å². The monoisotopic (exact) mass is 295 g/mol. The third kappa shape index (κ3) is 2.95.